The van der Waals surface area contributed by atoms with Crippen LogP contribution < -0.4 is 10.6 Å². The van der Waals surface area contributed by atoms with Crippen molar-refractivity contribution in [3.05, 3.63) is 18.2 Å². The summed E-state index contributed by atoms with van der Waals surface area (Å²) in [6.45, 7) is 1.77. The third-order valence-corrected chi connectivity index (χ3v) is 3.72. The Labute approximate surface area is 114 Å². The van der Waals surface area contributed by atoms with Crippen LogP contribution in [0.25, 0.3) is 0 Å². The van der Waals surface area contributed by atoms with Gasteiger partial charge in [0, 0.05) is 44.9 Å². The number of nitrogens with one attached hydrogen (secondary N) is 2. The predicted molar refractivity (Wildman–Crippen MR) is 74.8 cm³/mol. The van der Waals surface area contributed by atoms with E-state index in [9.17, 15) is 4.79 Å². The van der Waals surface area contributed by atoms with E-state index in [1.165, 1.54) is 19.3 Å². The Morgan fingerprint density at radius 3 is 3.16 bits per heavy atom. The zero-order valence-corrected chi connectivity index (χ0v) is 11.7. The highest BCUT2D eigenvalue weighted by atomic mass is 16.1. The van der Waals surface area contributed by atoms with Crippen molar-refractivity contribution in [2.45, 2.75) is 44.6 Å². The first-order valence-corrected chi connectivity index (χ1v) is 7.22. The first kappa shape index (κ1) is 14.1. The first-order valence-electron chi connectivity index (χ1n) is 7.22. The highest BCUT2D eigenvalue weighted by molar-refractivity contribution is 5.75. The predicted octanol–water partition coefficient (Wildman–Crippen LogP) is 1.00. The lowest BCUT2D eigenvalue weighted by molar-refractivity contribution is -0.121. The molecule has 1 saturated heterocycles. The number of hydrogen-bond acceptors (Lipinski definition) is 3. The second-order valence-corrected chi connectivity index (χ2v) is 5.24. The lowest BCUT2D eigenvalue weighted by Gasteiger charge is -2.23. The molecule has 0 spiro atoms. The van der Waals surface area contributed by atoms with E-state index in [2.05, 4.69) is 15.6 Å². The molecule has 19 heavy (non-hydrogen) atoms. The molecule has 1 fully saturated rings. The molecule has 2 rings (SSSR count). The summed E-state index contributed by atoms with van der Waals surface area (Å²) in [4.78, 5) is 16.0. The summed E-state index contributed by atoms with van der Waals surface area (Å²) in [6.07, 6.45) is 9.84. The molecule has 0 bridgehead atoms. The largest absolute Gasteiger partial charge is 0.356 e. The second-order valence-electron chi connectivity index (χ2n) is 5.24. The minimum Gasteiger partial charge on any atom is -0.356 e. The van der Waals surface area contributed by atoms with Gasteiger partial charge >= 0.3 is 0 Å². The van der Waals surface area contributed by atoms with Crippen molar-refractivity contribution in [2.75, 3.05) is 13.1 Å². The van der Waals surface area contributed by atoms with Crippen LogP contribution in [0.5, 0.6) is 0 Å². The lowest BCUT2D eigenvalue weighted by atomic mass is 10.0. The molecule has 5 nitrogen and oxygen atoms in total. The number of nitrogens with zero attached hydrogens (tertiary/aromatic N) is 2. The van der Waals surface area contributed by atoms with Crippen molar-refractivity contribution in [2.24, 2.45) is 7.05 Å². The number of carbonyl (C=O) groups excluding carboxylic acids is 1. The standard InChI is InChI=1S/C14H24N4O/c1-18-11-10-16-13(18)7-9-17-14(19)6-5-12-4-2-3-8-15-12/h10-12,15H,2-9H2,1H3,(H,17,19). The van der Waals surface area contributed by atoms with Crippen molar-refractivity contribution in [1.29, 1.82) is 0 Å². The molecule has 1 atom stereocenters. The van der Waals surface area contributed by atoms with Crippen LogP contribution in [0.15, 0.2) is 12.4 Å². The van der Waals surface area contributed by atoms with Gasteiger partial charge in [-0.1, -0.05) is 6.42 Å². The first-order chi connectivity index (χ1) is 9.25. The topological polar surface area (TPSA) is 59.0 Å². The third-order valence-electron chi connectivity index (χ3n) is 3.72. The van der Waals surface area contributed by atoms with Gasteiger partial charge in [0.25, 0.3) is 0 Å². The molecule has 106 valence electrons. The molecule has 1 aliphatic rings. The number of rotatable bonds is 6. The molecular formula is C14H24N4O. The van der Waals surface area contributed by atoms with Crippen molar-refractivity contribution in [1.82, 2.24) is 20.2 Å². The highest BCUT2D eigenvalue weighted by Crippen LogP contribution is 2.11. The normalized spacial score (nSPS) is 19.3. The number of piperidine rings is 1. The molecule has 0 aromatic carbocycles. The summed E-state index contributed by atoms with van der Waals surface area (Å²) in [5.41, 5.74) is 0. The molecule has 2 heterocycles. The smallest absolute Gasteiger partial charge is 0.220 e. The summed E-state index contributed by atoms with van der Waals surface area (Å²) in [5, 5.41) is 6.43. The fraction of sp³-hybridized carbons (Fsp3) is 0.714. The average molecular weight is 264 g/mol. The Hall–Kier alpha value is -1.36. The van der Waals surface area contributed by atoms with Crippen LogP contribution in [0, 0.1) is 0 Å². The number of hydrogen-bond donors (Lipinski definition) is 2. The molecule has 1 aromatic rings. The monoisotopic (exact) mass is 264 g/mol. The summed E-state index contributed by atoms with van der Waals surface area (Å²) in [6, 6.07) is 0.536. The Morgan fingerprint density at radius 2 is 2.47 bits per heavy atom. The number of carbonyl (C=O) groups is 1. The number of aromatic nitrogens is 2. The van der Waals surface area contributed by atoms with Gasteiger partial charge in [-0.15, -0.1) is 0 Å². The van der Waals surface area contributed by atoms with Crippen LogP contribution in [0.2, 0.25) is 0 Å². The zero-order chi connectivity index (χ0) is 13.5. The van der Waals surface area contributed by atoms with E-state index in [0.29, 0.717) is 19.0 Å². The molecule has 5 heteroatoms. The minimum absolute atomic E-state index is 0.154. The van der Waals surface area contributed by atoms with Gasteiger partial charge in [-0.25, -0.2) is 4.98 Å². The van der Waals surface area contributed by atoms with E-state index < -0.39 is 0 Å². The van der Waals surface area contributed by atoms with Crippen LogP contribution in [0.1, 0.15) is 37.9 Å². The molecule has 1 amide bonds. The maximum atomic E-state index is 11.7. The van der Waals surface area contributed by atoms with E-state index in [4.69, 9.17) is 0 Å². The van der Waals surface area contributed by atoms with E-state index in [0.717, 1.165) is 25.2 Å². The molecule has 1 aromatic heterocycles. The molecule has 1 aliphatic heterocycles. The van der Waals surface area contributed by atoms with Gasteiger partial charge in [0.1, 0.15) is 5.82 Å². The van der Waals surface area contributed by atoms with Crippen LogP contribution in [-0.4, -0.2) is 34.6 Å². The number of aryl methyl sites for hydroxylation is 1. The van der Waals surface area contributed by atoms with Gasteiger partial charge in [-0.05, 0) is 25.8 Å². The molecular weight excluding hydrogens is 240 g/mol. The van der Waals surface area contributed by atoms with Crippen molar-refractivity contribution in [3.63, 3.8) is 0 Å². The zero-order valence-electron chi connectivity index (χ0n) is 11.7. The fourth-order valence-corrected chi connectivity index (χ4v) is 2.52. The van der Waals surface area contributed by atoms with Crippen molar-refractivity contribution < 1.29 is 4.79 Å². The summed E-state index contributed by atoms with van der Waals surface area (Å²) in [5.74, 6) is 1.16. The van der Waals surface area contributed by atoms with Gasteiger partial charge in [-0.3, -0.25) is 4.79 Å². The highest BCUT2D eigenvalue weighted by Gasteiger charge is 2.13. The maximum absolute atomic E-state index is 11.7. The SMILES string of the molecule is Cn1ccnc1CCNC(=O)CCC1CCCCN1. The van der Waals surface area contributed by atoms with E-state index >= 15 is 0 Å². The van der Waals surface area contributed by atoms with Gasteiger partial charge in [0.2, 0.25) is 5.91 Å². The van der Waals surface area contributed by atoms with Crippen LogP contribution in [0.4, 0.5) is 0 Å². The van der Waals surface area contributed by atoms with E-state index in [1.807, 2.05) is 17.8 Å². The van der Waals surface area contributed by atoms with Gasteiger partial charge in [0.15, 0.2) is 0 Å². The van der Waals surface area contributed by atoms with Gasteiger partial charge in [0.05, 0.1) is 0 Å². The van der Waals surface area contributed by atoms with Gasteiger partial charge in [-0.2, -0.15) is 0 Å². The van der Waals surface area contributed by atoms with Crippen LogP contribution >= 0.6 is 0 Å². The summed E-state index contributed by atoms with van der Waals surface area (Å²) >= 11 is 0. The number of imidazole rings is 1. The Bertz CT molecular complexity index is 396. The Kier molecular flexibility index (Phi) is 5.39. The number of amides is 1. The molecule has 1 unspecified atom stereocenters. The van der Waals surface area contributed by atoms with Crippen molar-refractivity contribution in [3.8, 4) is 0 Å². The lowest BCUT2D eigenvalue weighted by Crippen LogP contribution is -2.35. The fourth-order valence-electron chi connectivity index (χ4n) is 2.52. The molecule has 0 aliphatic carbocycles. The second kappa shape index (κ2) is 7.28. The van der Waals surface area contributed by atoms with E-state index in [-0.39, 0.29) is 5.91 Å². The quantitative estimate of drug-likeness (QED) is 0.806. The summed E-state index contributed by atoms with van der Waals surface area (Å²) < 4.78 is 1.98. The van der Waals surface area contributed by atoms with E-state index in [1.54, 1.807) is 6.20 Å². The van der Waals surface area contributed by atoms with Gasteiger partial charge < -0.3 is 15.2 Å². The van der Waals surface area contributed by atoms with Crippen LogP contribution in [-0.2, 0) is 18.3 Å². The van der Waals surface area contributed by atoms with Crippen molar-refractivity contribution >= 4 is 5.91 Å². The minimum atomic E-state index is 0.154. The average Bonchev–Trinajstić information content (AvgIpc) is 2.83. The Balaban J connectivity index is 1.58. The van der Waals surface area contributed by atoms with Crippen LogP contribution in [0.3, 0.4) is 0 Å². The summed E-state index contributed by atoms with van der Waals surface area (Å²) in [7, 11) is 1.97. The molecule has 2 N–H and O–H groups in total. The Morgan fingerprint density at radius 1 is 1.58 bits per heavy atom. The third kappa shape index (κ3) is 4.67. The maximum Gasteiger partial charge on any atom is 0.220 e. The molecule has 0 radical (unpaired) electrons. The molecule has 0 saturated carbocycles.